The largest absolute Gasteiger partial charge is 0.481 e. The average Bonchev–Trinajstić information content (AvgIpc) is 2.17. The lowest BCUT2D eigenvalue weighted by atomic mass is 9.75. The number of benzene rings is 1. The van der Waals surface area contributed by atoms with E-state index in [4.69, 9.17) is 21.4 Å². The van der Waals surface area contributed by atoms with Crippen molar-refractivity contribution >= 4 is 17.6 Å². The van der Waals surface area contributed by atoms with E-state index in [9.17, 15) is 9.18 Å². The molecule has 92 valence electrons. The standard InChI is InChI=1S/C12H12ClFO3/c1-7-2-9(13)8(3-10(7)14)12(4-11(15)16)5-17-6-12/h2-3H,4-6H2,1H3,(H,15,16). The van der Waals surface area contributed by atoms with Crippen LogP contribution in [0.2, 0.25) is 5.02 Å². The van der Waals surface area contributed by atoms with Crippen molar-refractivity contribution in [3.63, 3.8) is 0 Å². The summed E-state index contributed by atoms with van der Waals surface area (Å²) >= 11 is 6.07. The van der Waals surface area contributed by atoms with Gasteiger partial charge in [-0.1, -0.05) is 11.6 Å². The minimum Gasteiger partial charge on any atom is -0.481 e. The summed E-state index contributed by atoms with van der Waals surface area (Å²) in [7, 11) is 0. The van der Waals surface area contributed by atoms with Gasteiger partial charge in [0, 0.05) is 5.02 Å². The molecule has 0 radical (unpaired) electrons. The SMILES string of the molecule is Cc1cc(Cl)c(C2(CC(=O)O)COC2)cc1F. The topological polar surface area (TPSA) is 46.5 Å². The van der Waals surface area contributed by atoms with Gasteiger partial charge in [0.2, 0.25) is 0 Å². The second-order valence-corrected chi connectivity index (χ2v) is 4.83. The van der Waals surface area contributed by atoms with E-state index in [1.165, 1.54) is 12.1 Å². The fraction of sp³-hybridized carbons (Fsp3) is 0.417. The lowest BCUT2D eigenvalue weighted by molar-refractivity contribution is -0.145. The van der Waals surface area contributed by atoms with Gasteiger partial charge in [-0.05, 0) is 30.2 Å². The third-order valence-corrected chi connectivity index (χ3v) is 3.38. The number of carboxylic acids is 1. The van der Waals surface area contributed by atoms with E-state index < -0.39 is 11.4 Å². The van der Waals surface area contributed by atoms with Crippen LogP contribution in [-0.2, 0) is 14.9 Å². The molecule has 1 aromatic rings. The first kappa shape index (κ1) is 12.3. The Morgan fingerprint density at radius 3 is 2.71 bits per heavy atom. The van der Waals surface area contributed by atoms with Crippen molar-refractivity contribution in [1.82, 2.24) is 0 Å². The molecule has 5 heteroatoms. The van der Waals surface area contributed by atoms with Crippen LogP contribution >= 0.6 is 11.6 Å². The average molecular weight is 259 g/mol. The molecule has 0 bridgehead atoms. The molecule has 1 aliphatic heterocycles. The van der Waals surface area contributed by atoms with Gasteiger partial charge < -0.3 is 9.84 Å². The van der Waals surface area contributed by atoms with Gasteiger partial charge in [-0.2, -0.15) is 0 Å². The molecular weight excluding hydrogens is 247 g/mol. The van der Waals surface area contributed by atoms with Crippen LogP contribution in [0.5, 0.6) is 0 Å². The Bertz CT molecular complexity index is 469. The second-order valence-electron chi connectivity index (χ2n) is 4.42. The van der Waals surface area contributed by atoms with Crippen LogP contribution in [0.1, 0.15) is 17.5 Å². The van der Waals surface area contributed by atoms with Crippen LogP contribution in [0.4, 0.5) is 4.39 Å². The van der Waals surface area contributed by atoms with Gasteiger partial charge in [-0.25, -0.2) is 4.39 Å². The number of aliphatic carboxylic acids is 1. The predicted octanol–water partition coefficient (Wildman–Crippen LogP) is 2.53. The molecule has 1 saturated heterocycles. The van der Waals surface area contributed by atoms with Crippen molar-refractivity contribution in [3.8, 4) is 0 Å². The highest BCUT2D eigenvalue weighted by Gasteiger charge is 2.44. The molecule has 0 saturated carbocycles. The van der Waals surface area contributed by atoms with Crippen LogP contribution in [0.15, 0.2) is 12.1 Å². The molecule has 0 aliphatic carbocycles. The predicted molar refractivity (Wildman–Crippen MR) is 60.9 cm³/mol. The lowest BCUT2D eigenvalue weighted by Gasteiger charge is -2.41. The minimum atomic E-state index is -0.939. The van der Waals surface area contributed by atoms with Crippen molar-refractivity contribution in [2.45, 2.75) is 18.8 Å². The van der Waals surface area contributed by atoms with Gasteiger partial charge in [-0.3, -0.25) is 4.79 Å². The first-order chi connectivity index (χ1) is 7.94. The van der Waals surface area contributed by atoms with Gasteiger partial charge in [-0.15, -0.1) is 0 Å². The minimum absolute atomic E-state index is 0.102. The van der Waals surface area contributed by atoms with Gasteiger partial charge >= 0.3 is 5.97 Å². The van der Waals surface area contributed by atoms with Crippen LogP contribution in [0.3, 0.4) is 0 Å². The van der Waals surface area contributed by atoms with Crippen molar-refractivity contribution in [2.75, 3.05) is 13.2 Å². The van der Waals surface area contributed by atoms with Crippen molar-refractivity contribution in [2.24, 2.45) is 0 Å². The molecule has 0 atom stereocenters. The summed E-state index contributed by atoms with van der Waals surface area (Å²) in [4.78, 5) is 10.9. The summed E-state index contributed by atoms with van der Waals surface area (Å²) in [5.74, 6) is -1.31. The Labute approximate surface area is 103 Å². The van der Waals surface area contributed by atoms with E-state index in [1.54, 1.807) is 6.92 Å². The van der Waals surface area contributed by atoms with Crippen LogP contribution in [-0.4, -0.2) is 24.3 Å². The van der Waals surface area contributed by atoms with E-state index in [0.717, 1.165) is 0 Å². The third kappa shape index (κ3) is 2.15. The summed E-state index contributed by atoms with van der Waals surface area (Å²) in [5, 5.41) is 9.29. The first-order valence-electron chi connectivity index (χ1n) is 5.20. The normalized spacial score (nSPS) is 17.6. The van der Waals surface area contributed by atoms with Gasteiger partial charge in [0.05, 0.1) is 25.0 Å². The molecule has 1 aliphatic rings. The number of ether oxygens (including phenoxy) is 1. The number of aryl methyl sites for hydroxylation is 1. The summed E-state index contributed by atoms with van der Waals surface area (Å²) < 4.78 is 18.6. The smallest absolute Gasteiger partial charge is 0.304 e. The Hall–Kier alpha value is -1.13. The zero-order valence-corrected chi connectivity index (χ0v) is 10.1. The van der Waals surface area contributed by atoms with E-state index >= 15 is 0 Å². The van der Waals surface area contributed by atoms with Gasteiger partial charge in [0.25, 0.3) is 0 Å². The highest BCUT2D eigenvalue weighted by molar-refractivity contribution is 6.31. The highest BCUT2D eigenvalue weighted by Crippen LogP contribution is 2.40. The Morgan fingerprint density at radius 1 is 1.59 bits per heavy atom. The fourth-order valence-corrected chi connectivity index (χ4v) is 2.46. The molecule has 2 rings (SSSR count). The lowest BCUT2D eigenvalue weighted by Crippen LogP contribution is -2.48. The van der Waals surface area contributed by atoms with Crippen LogP contribution in [0.25, 0.3) is 0 Å². The van der Waals surface area contributed by atoms with Gasteiger partial charge in [0.15, 0.2) is 0 Å². The van der Waals surface area contributed by atoms with E-state index in [-0.39, 0.29) is 25.5 Å². The number of carboxylic acid groups (broad SMARTS) is 1. The zero-order chi connectivity index (χ0) is 12.6. The molecule has 1 fully saturated rings. The van der Waals surface area contributed by atoms with E-state index in [0.29, 0.717) is 16.1 Å². The zero-order valence-electron chi connectivity index (χ0n) is 9.30. The summed E-state index contributed by atoms with van der Waals surface area (Å²) in [6.07, 6.45) is -0.102. The second kappa shape index (κ2) is 4.27. The number of halogens is 2. The molecule has 1 N–H and O–H groups in total. The summed E-state index contributed by atoms with van der Waals surface area (Å²) in [6.45, 7) is 2.15. The maximum absolute atomic E-state index is 13.5. The Balaban J connectivity index is 2.44. The third-order valence-electron chi connectivity index (χ3n) is 3.07. The highest BCUT2D eigenvalue weighted by atomic mass is 35.5. The molecule has 0 unspecified atom stereocenters. The number of hydrogen-bond donors (Lipinski definition) is 1. The van der Waals surface area contributed by atoms with E-state index in [2.05, 4.69) is 0 Å². The fourth-order valence-electron chi connectivity index (χ4n) is 2.04. The van der Waals surface area contributed by atoms with Crippen molar-refractivity contribution in [3.05, 3.63) is 34.1 Å². The molecule has 0 amide bonds. The van der Waals surface area contributed by atoms with Gasteiger partial charge in [0.1, 0.15) is 5.82 Å². The summed E-state index contributed by atoms with van der Waals surface area (Å²) in [6, 6.07) is 2.84. The molecule has 3 nitrogen and oxygen atoms in total. The Morgan fingerprint density at radius 2 is 2.24 bits per heavy atom. The molecule has 1 heterocycles. The van der Waals surface area contributed by atoms with Crippen LogP contribution < -0.4 is 0 Å². The first-order valence-corrected chi connectivity index (χ1v) is 5.58. The number of carbonyl (C=O) groups is 1. The molecule has 0 spiro atoms. The van der Waals surface area contributed by atoms with Crippen molar-refractivity contribution < 1.29 is 19.0 Å². The quantitative estimate of drug-likeness (QED) is 0.906. The molecule has 1 aromatic carbocycles. The molecular formula is C12H12ClFO3. The molecule has 0 aromatic heterocycles. The Kier molecular flexibility index (Phi) is 3.10. The number of rotatable bonds is 3. The van der Waals surface area contributed by atoms with E-state index in [1.807, 2.05) is 0 Å². The monoisotopic (exact) mass is 258 g/mol. The maximum atomic E-state index is 13.5. The molecule has 17 heavy (non-hydrogen) atoms. The number of hydrogen-bond acceptors (Lipinski definition) is 2. The summed E-state index contributed by atoms with van der Waals surface area (Å²) in [5.41, 5.74) is 0.289. The maximum Gasteiger partial charge on any atom is 0.304 e. The van der Waals surface area contributed by atoms with Crippen molar-refractivity contribution in [1.29, 1.82) is 0 Å². The van der Waals surface area contributed by atoms with Crippen LogP contribution in [0, 0.1) is 12.7 Å².